The number of anilines is 2. The van der Waals surface area contributed by atoms with Gasteiger partial charge in [-0.2, -0.15) is 0 Å². The lowest BCUT2D eigenvalue weighted by Crippen LogP contribution is -2.23. The number of amides is 1. The lowest BCUT2D eigenvalue weighted by atomic mass is 10.2. The van der Waals surface area contributed by atoms with Crippen LogP contribution in [0.4, 0.5) is 11.4 Å². The molecule has 0 aliphatic rings. The molecule has 0 fully saturated rings. The van der Waals surface area contributed by atoms with Gasteiger partial charge in [0.25, 0.3) is 0 Å². The van der Waals surface area contributed by atoms with Gasteiger partial charge in [-0.15, -0.1) is 5.10 Å². The number of hydrogen-bond acceptors (Lipinski definition) is 6. The van der Waals surface area contributed by atoms with Crippen molar-refractivity contribution in [2.24, 2.45) is 7.05 Å². The summed E-state index contributed by atoms with van der Waals surface area (Å²) < 4.78 is 1.52. The van der Waals surface area contributed by atoms with Crippen molar-refractivity contribution in [1.29, 1.82) is 0 Å². The van der Waals surface area contributed by atoms with Crippen LogP contribution in [0, 0.1) is 0 Å². The average Bonchev–Trinajstić information content (AvgIpc) is 2.78. The first-order valence-electron chi connectivity index (χ1n) is 5.62. The molecule has 1 heterocycles. The molecule has 1 amide bonds. The molecule has 1 aromatic heterocycles. The van der Waals surface area contributed by atoms with E-state index in [4.69, 9.17) is 5.73 Å². The first-order chi connectivity index (χ1) is 9.08. The standard InChI is InChI=1S/C11H14N6OS/c1-7(19-11-14-15-16-17(11)2)10(18)13-9-6-4-3-5-8(9)12/h3-7H,12H2,1-2H3,(H,13,18). The van der Waals surface area contributed by atoms with Gasteiger partial charge in [0, 0.05) is 7.05 Å². The lowest BCUT2D eigenvalue weighted by Gasteiger charge is -2.12. The van der Waals surface area contributed by atoms with Crippen molar-refractivity contribution in [3.05, 3.63) is 24.3 Å². The van der Waals surface area contributed by atoms with Crippen molar-refractivity contribution in [3.63, 3.8) is 0 Å². The van der Waals surface area contributed by atoms with Gasteiger partial charge in [-0.1, -0.05) is 23.9 Å². The predicted molar refractivity (Wildman–Crippen MR) is 73.6 cm³/mol. The number of aryl methyl sites for hydroxylation is 1. The Morgan fingerprint density at radius 1 is 1.47 bits per heavy atom. The van der Waals surface area contributed by atoms with Gasteiger partial charge in [0.05, 0.1) is 16.6 Å². The van der Waals surface area contributed by atoms with E-state index in [0.717, 1.165) is 0 Å². The molecule has 8 heteroatoms. The zero-order valence-electron chi connectivity index (χ0n) is 10.6. The molecule has 0 spiro atoms. The SMILES string of the molecule is CC(Sc1nnnn1C)C(=O)Nc1ccccc1N. The van der Waals surface area contributed by atoms with Gasteiger partial charge in [0.1, 0.15) is 0 Å². The first-order valence-corrected chi connectivity index (χ1v) is 6.50. The molecule has 0 aliphatic carbocycles. The minimum Gasteiger partial charge on any atom is -0.397 e. The monoisotopic (exact) mass is 278 g/mol. The molecule has 1 aromatic carbocycles. The number of rotatable bonds is 4. The highest BCUT2D eigenvalue weighted by molar-refractivity contribution is 8.00. The minimum absolute atomic E-state index is 0.147. The van der Waals surface area contributed by atoms with Crippen LogP contribution >= 0.6 is 11.8 Å². The van der Waals surface area contributed by atoms with E-state index in [0.29, 0.717) is 16.5 Å². The molecule has 0 aliphatic heterocycles. The van der Waals surface area contributed by atoms with E-state index in [2.05, 4.69) is 20.8 Å². The van der Waals surface area contributed by atoms with E-state index in [1.165, 1.54) is 16.4 Å². The number of nitrogen functional groups attached to an aromatic ring is 1. The Bertz CT molecular complexity index is 584. The van der Waals surface area contributed by atoms with Crippen LogP contribution in [0.15, 0.2) is 29.4 Å². The van der Waals surface area contributed by atoms with E-state index >= 15 is 0 Å². The fourth-order valence-electron chi connectivity index (χ4n) is 1.38. The number of nitrogens with two attached hydrogens (primary N) is 1. The summed E-state index contributed by atoms with van der Waals surface area (Å²) in [5.74, 6) is -0.147. The van der Waals surface area contributed by atoms with Gasteiger partial charge >= 0.3 is 0 Å². The summed E-state index contributed by atoms with van der Waals surface area (Å²) in [6, 6.07) is 7.12. The molecule has 1 unspecified atom stereocenters. The molecule has 3 N–H and O–H groups in total. The number of nitrogens with one attached hydrogen (secondary N) is 1. The van der Waals surface area contributed by atoms with Crippen LogP contribution in [-0.4, -0.2) is 31.4 Å². The number of aromatic nitrogens is 4. The van der Waals surface area contributed by atoms with Gasteiger partial charge in [-0.05, 0) is 29.5 Å². The Morgan fingerprint density at radius 3 is 2.84 bits per heavy atom. The summed E-state index contributed by atoms with van der Waals surface area (Å²) >= 11 is 1.28. The van der Waals surface area contributed by atoms with Crippen molar-refractivity contribution in [2.75, 3.05) is 11.1 Å². The second-order valence-electron chi connectivity index (χ2n) is 3.92. The Labute approximate surface area is 114 Å². The molecule has 2 aromatic rings. The maximum Gasteiger partial charge on any atom is 0.237 e. The van der Waals surface area contributed by atoms with Crippen LogP contribution in [0.5, 0.6) is 0 Å². The Balaban J connectivity index is 2.00. The largest absolute Gasteiger partial charge is 0.397 e. The quantitative estimate of drug-likeness (QED) is 0.637. The first kappa shape index (κ1) is 13.3. The zero-order chi connectivity index (χ0) is 13.8. The molecule has 100 valence electrons. The van der Waals surface area contributed by atoms with Crippen molar-refractivity contribution in [3.8, 4) is 0 Å². The second-order valence-corrected chi connectivity index (χ2v) is 5.23. The zero-order valence-corrected chi connectivity index (χ0v) is 11.4. The van der Waals surface area contributed by atoms with Gasteiger partial charge in [-0.25, -0.2) is 4.68 Å². The van der Waals surface area contributed by atoms with Crippen LogP contribution < -0.4 is 11.1 Å². The second kappa shape index (κ2) is 5.70. The molecule has 0 saturated carbocycles. The van der Waals surface area contributed by atoms with Gasteiger partial charge < -0.3 is 11.1 Å². The third-order valence-corrected chi connectivity index (χ3v) is 3.58. The number of para-hydroxylation sites is 2. The third-order valence-electron chi connectivity index (χ3n) is 2.45. The number of nitrogens with zero attached hydrogens (tertiary/aromatic N) is 4. The lowest BCUT2D eigenvalue weighted by molar-refractivity contribution is -0.115. The number of thioether (sulfide) groups is 1. The maximum absolute atomic E-state index is 12.0. The number of carbonyl (C=O) groups is 1. The van der Waals surface area contributed by atoms with Gasteiger partial charge in [0.2, 0.25) is 11.1 Å². The summed E-state index contributed by atoms with van der Waals surface area (Å²) in [4.78, 5) is 12.0. The van der Waals surface area contributed by atoms with E-state index in [9.17, 15) is 4.79 Å². The van der Waals surface area contributed by atoms with E-state index < -0.39 is 0 Å². The van der Waals surface area contributed by atoms with Crippen LogP contribution in [-0.2, 0) is 11.8 Å². The molecular formula is C11H14N6OS. The van der Waals surface area contributed by atoms with Crippen LogP contribution in [0.1, 0.15) is 6.92 Å². The van der Waals surface area contributed by atoms with Crippen molar-refractivity contribution < 1.29 is 4.79 Å². The van der Waals surface area contributed by atoms with E-state index in [1.807, 2.05) is 12.1 Å². The van der Waals surface area contributed by atoms with Crippen molar-refractivity contribution in [1.82, 2.24) is 20.2 Å². The predicted octanol–water partition coefficient (Wildman–Crippen LogP) is 0.912. The Morgan fingerprint density at radius 2 is 2.21 bits per heavy atom. The highest BCUT2D eigenvalue weighted by Crippen LogP contribution is 2.22. The molecular weight excluding hydrogens is 264 g/mol. The summed E-state index contributed by atoms with van der Waals surface area (Å²) in [5, 5.41) is 14.1. The molecule has 7 nitrogen and oxygen atoms in total. The third kappa shape index (κ3) is 3.22. The molecule has 1 atom stereocenters. The molecule has 2 rings (SSSR count). The highest BCUT2D eigenvalue weighted by atomic mass is 32.2. The Hall–Kier alpha value is -2.09. The number of carbonyl (C=O) groups excluding carboxylic acids is 1. The summed E-state index contributed by atoms with van der Waals surface area (Å²) in [6.45, 7) is 1.79. The van der Waals surface area contributed by atoms with Gasteiger partial charge in [-0.3, -0.25) is 4.79 Å². The smallest absolute Gasteiger partial charge is 0.237 e. The van der Waals surface area contributed by atoms with E-state index in [-0.39, 0.29) is 11.2 Å². The van der Waals surface area contributed by atoms with Crippen LogP contribution in [0.2, 0.25) is 0 Å². The normalized spacial score (nSPS) is 12.1. The molecule has 19 heavy (non-hydrogen) atoms. The molecule has 0 bridgehead atoms. The van der Waals surface area contributed by atoms with E-state index in [1.54, 1.807) is 26.1 Å². The highest BCUT2D eigenvalue weighted by Gasteiger charge is 2.18. The maximum atomic E-state index is 12.0. The number of tetrazole rings is 1. The minimum atomic E-state index is -0.329. The summed E-state index contributed by atoms with van der Waals surface area (Å²) in [5.41, 5.74) is 6.91. The van der Waals surface area contributed by atoms with Crippen molar-refractivity contribution >= 4 is 29.0 Å². The molecule has 0 saturated heterocycles. The summed E-state index contributed by atoms with van der Waals surface area (Å²) in [7, 11) is 1.72. The van der Waals surface area contributed by atoms with Crippen LogP contribution in [0.25, 0.3) is 0 Å². The average molecular weight is 278 g/mol. The topological polar surface area (TPSA) is 98.7 Å². The fourth-order valence-corrected chi connectivity index (χ4v) is 2.13. The van der Waals surface area contributed by atoms with Gasteiger partial charge in [0.15, 0.2) is 0 Å². The van der Waals surface area contributed by atoms with Crippen molar-refractivity contribution in [2.45, 2.75) is 17.3 Å². The molecule has 0 radical (unpaired) electrons. The van der Waals surface area contributed by atoms with Crippen LogP contribution in [0.3, 0.4) is 0 Å². The fraction of sp³-hybridized carbons (Fsp3) is 0.273. The Kier molecular flexibility index (Phi) is 4.00. The number of hydrogen-bond donors (Lipinski definition) is 2. The summed E-state index contributed by atoms with van der Waals surface area (Å²) in [6.07, 6.45) is 0. The number of benzene rings is 1.